The van der Waals surface area contributed by atoms with Gasteiger partial charge in [-0.25, -0.2) is 0 Å². The van der Waals surface area contributed by atoms with Gasteiger partial charge in [0, 0.05) is 36.3 Å². The molecule has 0 fully saturated rings. The molecule has 0 atom stereocenters. The second-order valence-electron chi connectivity index (χ2n) is 5.80. The Morgan fingerprint density at radius 2 is 2.04 bits per heavy atom. The van der Waals surface area contributed by atoms with Crippen LogP contribution in [0.5, 0.6) is 0 Å². The van der Waals surface area contributed by atoms with Crippen molar-refractivity contribution in [2.75, 3.05) is 13.6 Å². The van der Waals surface area contributed by atoms with Crippen LogP contribution in [0.25, 0.3) is 16.6 Å². The molecule has 126 valence electrons. The van der Waals surface area contributed by atoms with Crippen molar-refractivity contribution in [1.82, 2.24) is 15.2 Å². The van der Waals surface area contributed by atoms with Crippen molar-refractivity contribution in [3.05, 3.63) is 47.7 Å². The summed E-state index contributed by atoms with van der Waals surface area (Å²) in [6.07, 6.45) is 2.48. The average molecular weight is 325 g/mol. The first-order chi connectivity index (χ1) is 11.5. The molecule has 24 heavy (non-hydrogen) atoms. The van der Waals surface area contributed by atoms with Crippen molar-refractivity contribution >= 4 is 28.9 Å². The molecule has 5 heteroatoms. The van der Waals surface area contributed by atoms with Crippen molar-refractivity contribution in [2.45, 2.75) is 20.8 Å². The van der Waals surface area contributed by atoms with Gasteiger partial charge in [-0.3, -0.25) is 14.6 Å². The Labute approximate surface area is 142 Å². The number of benzene rings is 1. The molecule has 0 unspecified atom stereocenters. The summed E-state index contributed by atoms with van der Waals surface area (Å²) in [4.78, 5) is 30.1. The second kappa shape index (κ2) is 7.73. The molecule has 0 bridgehead atoms. The van der Waals surface area contributed by atoms with Crippen LogP contribution < -0.4 is 5.32 Å². The van der Waals surface area contributed by atoms with Gasteiger partial charge in [0.25, 0.3) is 0 Å². The number of hydrogen-bond donors (Lipinski definition) is 1. The fourth-order valence-electron chi connectivity index (χ4n) is 2.74. The van der Waals surface area contributed by atoms with Gasteiger partial charge in [0.1, 0.15) is 0 Å². The third kappa shape index (κ3) is 3.45. The number of rotatable bonds is 6. The molecule has 1 heterocycles. The lowest BCUT2D eigenvalue weighted by Gasteiger charge is -2.25. The number of amides is 2. The number of nitrogens with one attached hydrogen (secondary N) is 1. The molecule has 1 N–H and O–H groups in total. The summed E-state index contributed by atoms with van der Waals surface area (Å²) in [5.74, 6) is -0.228. The van der Waals surface area contributed by atoms with Crippen LogP contribution in [0.1, 0.15) is 26.3 Å². The van der Waals surface area contributed by atoms with E-state index in [-0.39, 0.29) is 11.8 Å². The summed E-state index contributed by atoms with van der Waals surface area (Å²) in [5, 5.41) is 3.64. The van der Waals surface area contributed by atoms with E-state index in [1.165, 1.54) is 0 Å². The smallest absolute Gasteiger partial charge is 0.249 e. The van der Waals surface area contributed by atoms with Gasteiger partial charge >= 0.3 is 0 Å². The van der Waals surface area contributed by atoms with Crippen LogP contribution in [0.15, 0.2) is 42.1 Å². The molecular formula is C19H23N3O2. The summed E-state index contributed by atoms with van der Waals surface area (Å²) >= 11 is 0. The molecule has 0 aliphatic heterocycles. The molecule has 2 amide bonds. The SMILES string of the molecule is CCN(C=O)/C(=C(\C(=O)NC)C(C)C)c1cnc2ccccc2c1. The zero-order valence-electron chi connectivity index (χ0n) is 14.5. The van der Waals surface area contributed by atoms with Gasteiger partial charge in [0.05, 0.1) is 11.2 Å². The monoisotopic (exact) mass is 325 g/mol. The lowest BCUT2D eigenvalue weighted by Crippen LogP contribution is -2.29. The number of para-hydroxylation sites is 1. The maximum atomic E-state index is 12.4. The van der Waals surface area contributed by atoms with E-state index < -0.39 is 0 Å². The summed E-state index contributed by atoms with van der Waals surface area (Å²) in [6, 6.07) is 9.74. The lowest BCUT2D eigenvalue weighted by atomic mass is 9.95. The number of hydrogen-bond acceptors (Lipinski definition) is 3. The minimum Gasteiger partial charge on any atom is -0.355 e. The number of carbonyl (C=O) groups excluding carboxylic acids is 2. The molecule has 0 spiro atoms. The molecule has 1 aromatic heterocycles. The van der Waals surface area contributed by atoms with Crippen molar-refractivity contribution < 1.29 is 9.59 Å². The fourth-order valence-corrected chi connectivity index (χ4v) is 2.74. The van der Waals surface area contributed by atoms with E-state index >= 15 is 0 Å². The molecule has 2 rings (SSSR count). The first-order valence-electron chi connectivity index (χ1n) is 8.06. The lowest BCUT2D eigenvalue weighted by molar-refractivity contribution is -0.117. The maximum absolute atomic E-state index is 12.4. The molecule has 0 radical (unpaired) electrons. The van der Waals surface area contributed by atoms with Crippen molar-refractivity contribution in [3.8, 4) is 0 Å². The van der Waals surface area contributed by atoms with Crippen LogP contribution in [0.3, 0.4) is 0 Å². The van der Waals surface area contributed by atoms with Crippen molar-refractivity contribution in [2.24, 2.45) is 5.92 Å². The topological polar surface area (TPSA) is 62.3 Å². The number of aromatic nitrogens is 1. The zero-order chi connectivity index (χ0) is 17.7. The van der Waals surface area contributed by atoms with E-state index in [4.69, 9.17) is 0 Å². The van der Waals surface area contributed by atoms with Gasteiger partial charge in [0.15, 0.2) is 0 Å². The number of nitrogens with zero attached hydrogens (tertiary/aromatic N) is 2. The van der Waals surface area contributed by atoms with E-state index in [1.807, 2.05) is 51.1 Å². The quantitative estimate of drug-likeness (QED) is 0.656. The van der Waals surface area contributed by atoms with Crippen molar-refractivity contribution in [1.29, 1.82) is 0 Å². The third-order valence-corrected chi connectivity index (χ3v) is 3.92. The van der Waals surface area contributed by atoms with E-state index in [2.05, 4.69) is 10.3 Å². The highest BCUT2D eigenvalue weighted by molar-refractivity contribution is 6.02. The van der Waals surface area contributed by atoms with Crippen LogP contribution >= 0.6 is 0 Å². The first-order valence-corrected chi connectivity index (χ1v) is 8.06. The summed E-state index contributed by atoms with van der Waals surface area (Å²) in [5.41, 5.74) is 2.82. The molecule has 0 aliphatic rings. The number of fused-ring (bicyclic) bond motifs is 1. The Balaban J connectivity index is 2.76. The Hall–Kier alpha value is -2.69. The highest BCUT2D eigenvalue weighted by atomic mass is 16.2. The van der Waals surface area contributed by atoms with Gasteiger partial charge in [-0.05, 0) is 25.0 Å². The molecule has 5 nitrogen and oxygen atoms in total. The first kappa shape index (κ1) is 17.7. The summed E-state index contributed by atoms with van der Waals surface area (Å²) < 4.78 is 0. The fraction of sp³-hybridized carbons (Fsp3) is 0.316. The van der Waals surface area contributed by atoms with Gasteiger partial charge in [0.2, 0.25) is 12.3 Å². The minimum absolute atomic E-state index is 0.0413. The third-order valence-electron chi connectivity index (χ3n) is 3.92. The Morgan fingerprint density at radius 1 is 1.33 bits per heavy atom. The Morgan fingerprint density at radius 3 is 2.62 bits per heavy atom. The summed E-state index contributed by atoms with van der Waals surface area (Å²) in [6.45, 7) is 6.24. The molecule has 0 aliphatic carbocycles. The standard InChI is InChI=1S/C19H23N3O2/c1-5-22(12-23)18(17(13(2)3)19(24)20-4)15-10-14-8-6-7-9-16(14)21-11-15/h6-13H,5H2,1-4H3,(H,20,24)/b18-17-. The van der Waals surface area contributed by atoms with Gasteiger partial charge < -0.3 is 10.2 Å². The van der Waals surface area contributed by atoms with Crippen LogP contribution in [0.2, 0.25) is 0 Å². The molecule has 1 aromatic carbocycles. The van der Waals surface area contributed by atoms with E-state index in [1.54, 1.807) is 18.1 Å². The average Bonchev–Trinajstić information content (AvgIpc) is 2.60. The predicted octanol–water partition coefficient (Wildman–Crippen LogP) is 2.83. The predicted molar refractivity (Wildman–Crippen MR) is 96.0 cm³/mol. The van der Waals surface area contributed by atoms with Crippen LogP contribution in [-0.4, -0.2) is 35.8 Å². The largest absolute Gasteiger partial charge is 0.355 e. The van der Waals surface area contributed by atoms with Crippen LogP contribution in [0, 0.1) is 5.92 Å². The number of likely N-dealkylation sites (N-methyl/N-ethyl adjacent to an activating group) is 1. The minimum atomic E-state index is -0.187. The summed E-state index contributed by atoms with van der Waals surface area (Å²) in [7, 11) is 1.60. The van der Waals surface area contributed by atoms with Gasteiger partial charge in [-0.2, -0.15) is 0 Å². The van der Waals surface area contributed by atoms with Gasteiger partial charge in [-0.1, -0.05) is 32.0 Å². The molecule has 0 saturated heterocycles. The van der Waals surface area contributed by atoms with E-state index in [9.17, 15) is 9.59 Å². The molecule has 0 saturated carbocycles. The Bertz CT molecular complexity index is 781. The van der Waals surface area contributed by atoms with Crippen LogP contribution in [0.4, 0.5) is 0 Å². The molecule has 2 aromatic rings. The number of pyridine rings is 1. The Kier molecular flexibility index (Phi) is 5.68. The van der Waals surface area contributed by atoms with E-state index in [0.717, 1.165) is 22.9 Å². The van der Waals surface area contributed by atoms with Crippen LogP contribution in [-0.2, 0) is 9.59 Å². The maximum Gasteiger partial charge on any atom is 0.249 e. The highest BCUT2D eigenvalue weighted by Gasteiger charge is 2.23. The highest BCUT2D eigenvalue weighted by Crippen LogP contribution is 2.28. The van der Waals surface area contributed by atoms with Gasteiger partial charge in [-0.15, -0.1) is 0 Å². The zero-order valence-corrected chi connectivity index (χ0v) is 14.5. The number of carbonyl (C=O) groups is 2. The van der Waals surface area contributed by atoms with Crippen molar-refractivity contribution in [3.63, 3.8) is 0 Å². The molecular weight excluding hydrogens is 302 g/mol. The van der Waals surface area contributed by atoms with E-state index in [0.29, 0.717) is 17.8 Å². The second-order valence-corrected chi connectivity index (χ2v) is 5.80. The normalized spacial score (nSPS) is 12.0.